The van der Waals surface area contributed by atoms with E-state index in [0.29, 0.717) is 13.1 Å². The van der Waals surface area contributed by atoms with Gasteiger partial charge in [0.25, 0.3) is 0 Å². The van der Waals surface area contributed by atoms with Crippen LogP contribution in [0.4, 0.5) is 0 Å². The first-order chi connectivity index (χ1) is 19.6. The van der Waals surface area contributed by atoms with Gasteiger partial charge < -0.3 is 14.4 Å². The number of carbonyl (C=O) groups excluding carboxylic acids is 1. The summed E-state index contributed by atoms with van der Waals surface area (Å²) in [5, 5.41) is 0. The lowest BCUT2D eigenvalue weighted by Crippen LogP contribution is -2.62. The van der Waals surface area contributed by atoms with Crippen LogP contribution in [0.1, 0.15) is 123 Å². The predicted octanol–water partition coefficient (Wildman–Crippen LogP) is 6.45. The van der Waals surface area contributed by atoms with Crippen molar-refractivity contribution in [1.29, 1.82) is 0 Å². The molecule has 0 N–H and O–H groups in total. The Morgan fingerprint density at radius 3 is 1.35 bits per heavy atom. The number of fused-ring (bicyclic) bond motifs is 5. The third kappa shape index (κ3) is 4.62. The molecule has 2 unspecified atom stereocenters. The van der Waals surface area contributed by atoms with Crippen molar-refractivity contribution in [2.45, 2.75) is 130 Å². The molecule has 0 radical (unpaired) electrons. The third-order valence-corrected chi connectivity index (χ3v) is 9.68. The molecule has 2 aromatic carbocycles. The van der Waals surface area contributed by atoms with Crippen LogP contribution in [-0.4, -0.2) is 63.6 Å². The second kappa shape index (κ2) is 8.95. The van der Waals surface area contributed by atoms with Crippen LogP contribution >= 0.6 is 0 Å². The SMILES string of the molecule is CC(=O)N1CC2[C@@H](C1)[N+]1=Cc3cc(C(C)(C)C)cc(C(C)(C)C)c3OC13Oc1c(cc(C(C)(C)C)cc1C(C)(C)C)C=[N+]23. The van der Waals surface area contributed by atoms with Crippen molar-refractivity contribution in [2.75, 3.05) is 13.1 Å². The molecule has 2 aromatic rings. The topological polar surface area (TPSA) is 44.8 Å². The van der Waals surface area contributed by atoms with Gasteiger partial charge in [0.15, 0.2) is 23.9 Å². The Kier molecular flexibility index (Phi) is 6.22. The fraction of sp³-hybridized carbons (Fsp3) is 0.595. The van der Waals surface area contributed by atoms with Crippen LogP contribution in [0.25, 0.3) is 0 Å². The summed E-state index contributed by atoms with van der Waals surface area (Å²) < 4.78 is 19.1. The third-order valence-electron chi connectivity index (χ3n) is 9.68. The number of carbonyl (C=O) groups is 1. The van der Waals surface area contributed by atoms with Crippen LogP contribution in [0.5, 0.6) is 11.5 Å². The van der Waals surface area contributed by atoms with Gasteiger partial charge in [-0.05, 0) is 44.9 Å². The second-order valence-corrected chi connectivity index (χ2v) is 17.3. The van der Waals surface area contributed by atoms with Crippen molar-refractivity contribution >= 4 is 18.3 Å². The molecule has 1 amide bonds. The summed E-state index contributed by atoms with van der Waals surface area (Å²) in [4.78, 5) is 14.6. The number of hydrogen-bond acceptors (Lipinski definition) is 3. The first-order valence-electron chi connectivity index (χ1n) is 15.9. The highest BCUT2D eigenvalue weighted by atomic mass is 16.7. The smallest absolute Gasteiger partial charge is 0.340 e. The summed E-state index contributed by atoms with van der Waals surface area (Å²) >= 11 is 0. The van der Waals surface area contributed by atoms with E-state index in [0.717, 1.165) is 22.6 Å². The fourth-order valence-corrected chi connectivity index (χ4v) is 6.98. The van der Waals surface area contributed by atoms with Crippen LogP contribution in [0.15, 0.2) is 24.3 Å². The van der Waals surface area contributed by atoms with Crippen molar-refractivity contribution in [2.24, 2.45) is 0 Å². The van der Waals surface area contributed by atoms with Crippen molar-refractivity contribution in [1.82, 2.24) is 4.90 Å². The molecule has 43 heavy (non-hydrogen) atoms. The molecule has 230 valence electrons. The Labute approximate surface area is 258 Å². The number of hydrogen-bond donors (Lipinski definition) is 0. The summed E-state index contributed by atoms with van der Waals surface area (Å²) in [6, 6.07) is 8.09. The van der Waals surface area contributed by atoms with Crippen LogP contribution in [0.2, 0.25) is 0 Å². The summed E-state index contributed by atoms with van der Waals surface area (Å²) in [6.07, 6.45) is 4.51. The van der Waals surface area contributed by atoms with E-state index in [-0.39, 0.29) is 39.7 Å². The zero-order valence-electron chi connectivity index (χ0n) is 28.6. The maximum Gasteiger partial charge on any atom is 0.704 e. The molecule has 4 heterocycles. The van der Waals surface area contributed by atoms with Gasteiger partial charge in [0.2, 0.25) is 18.0 Å². The van der Waals surface area contributed by atoms with E-state index >= 15 is 0 Å². The van der Waals surface area contributed by atoms with Gasteiger partial charge in [0, 0.05) is 18.1 Å². The summed E-state index contributed by atoms with van der Waals surface area (Å²) in [5.74, 6) is 1.86. The van der Waals surface area contributed by atoms with Crippen molar-refractivity contribution in [3.8, 4) is 11.5 Å². The summed E-state index contributed by atoms with van der Waals surface area (Å²) in [7, 11) is 0. The summed E-state index contributed by atoms with van der Waals surface area (Å²) in [5.41, 5.74) is 6.73. The van der Waals surface area contributed by atoms with Gasteiger partial charge in [0.05, 0.1) is 24.2 Å². The highest BCUT2D eigenvalue weighted by Crippen LogP contribution is 2.49. The Bertz CT molecular complexity index is 1490. The van der Waals surface area contributed by atoms with Gasteiger partial charge in [0.1, 0.15) is 0 Å². The van der Waals surface area contributed by atoms with Crippen LogP contribution in [0, 0.1) is 0 Å². The van der Waals surface area contributed by atoms with Crippen molar-refractivity contribution < 1.29 is 23.4 Å². The average Bonchev–Trinajstić information content (AvgIpc) is 3.38. The molecule has 6 nitrogen and oxygen atoms in total. The van der Waals surface area contributed by atoms with E-state index < -0.39 is 6.03 Å². The fourth-order valence-electron chi connectivity index (χ4n) is 6.98. The Morgan fingerprint density at radius 2 is 1.05 bits per heavy atom. The first-order valence-corrected chi connectivity index (χ1v) is 15.9. The highest BCUT2D eigenvalue weighted by Gasteiger charge is 2.78. The van der Waals surface area contributed by atoms with E-state index in [9.17, 15) is 4.79 Å². The zero-order valence-corrected chi connectivity index (χ0v) is 28.6. The van der Waals surface area contributed by atoms with Gasteiger partial charge in [-0.25, -0.2) is 0 Å². The standard InChI is InChI=1S/C37H51N3O3/c1-22(41)38-20-29-30(21-38)40-19-24-15-26(34(5,6)7)17-28(36(11,12)13)32(24)43-37(40)39(29)18-23-14-25(33(2,3)4)16-27(31(23)42-37)35(8,9)10/h14-19,29-30H,20-21H2,1-13H3/q+2/t29-,30?,37?/m1/s1. The van der Waals surface area contributed by atoms with E-state index in [4.69, 9.17) is 9.47 Å². The van der Waals surface area contributed by atoms with Gasteiger partial charge in [-0.1, -0.05) is 104 Å². The molecular weight excluding hydrogens is 534 g/mol. The predicted molar refractivity (Wildman–Crippen MR) is 172 cm³/mol. The molecule has 6 rings (SSSR count). The normalized spacial score (nSPS) is 24.5. The largest absolute Gasteiger partial charge is 0.704 e. The Morgan fingerprint density at radius 1 is 0.674 bits per heavy atom. The average molecular weight is 586 g/mol. The number of benzene rings is 2. The second-order valence-electron chi connectivity index (χ2n) is 17.3. The lowest BCUT2D eigenvalue weighted by atomic mass is 9.78. The molecule has 0 aliphatic carbocycles. The molecule has 2 fully saturated rings. The first kappa shape index (κ1) is 29.9. The van der Waals surface area contributed by atoms with Crippen LogP contribution in [0.3, 0.4) is 0 Å². The number of amides is 1. The highest BCUT2D eigenvalue weighted by molar-refractivity contribution is 5.85. The zero-order chi connectivity index (χ0) is 31.7. The Hall–Kier alpha value is -3.15. The maximum absolute atomic E-state index is 12.6. The molecule has 6 heteroatoms. The molecule has 0 saturated carbocycles. The molecule has 4 aliphatic heterocycles. The van der Waals surface area contributed by atoms with Crippen molar-refractivity contribution in [3.05, 3.63) is 57.6 Å². The van der Waals surface area contributed by atoms with E-state index in [1.165, 1.54) is 22.3 Å². The number of rotatable bonds is 0. The minimum atomic E-state index is -1.18. The number of likely N-dealkylation sites (tertiary alicyclic amines) is 1. The number of nitrogens with zero attached hydrogens (tertiary/aromatic N) is 3. The van der Waals surface area contributed by atoms with Crippen molar-refractivity contribution in [3.63, 3.8) is 0 Å². The molecule has 1 spiro atoms. The molecule has 3 atom stereocenters. The maximum atomic E-state index is 12.6. The monoisotopic (exact) mass is 585 g/mol. The van der Waals surface area contributed by atoms with E-state index in [1.54, 1.807) is 6.92 Å². The number of ether oxygens (including phenoxy) is 2. The molecular formula is C37H51N3O3+2. The van der Waals surface area contributed by atoms with Gasteiger partial charge in [-0.3, -0.25) is 4.79 Å². The lowest BCUT2D eigenvalue weighted by Gasteiger charge is -2.35. The quantitative estimate of drug-likeness (QED) is 0.334. The molecule has 0 bridgehead atoms. The summed E-state index contributed by atoms with van der Waals surface area (Å²) in [6.45, 7) is 30.0. The van der Waals surface area contributed by atoms with Crippen LogP contribution < -0.4 is 9.47 Å². The van der Waals surface area contributed by atoms with Gasteiger partial charge in [-0.2, -0.15) is 0 Å². The molecule has 4 aliphatic rings. The van der Waals surface area contributed by atoms with E-state index in [1.807, 2.05) is 4.90 Å². The molecule has 0 aromatic heterocycles. The Balaban J connectivity index is 1.64. The minimum Gasteiger partial charge on any atom is -0.340 e. The van der Waals surface area contributed by atoms with Crippen LogP contribution in [-0.2, 0) is 26.5 Å². The van der Waals surface area contributed by atoms with E-state index in [2.05, 4.69) is 129 Å². The van der Waals surface area contributed by atoms with Gasteiger partial charge >= 0.3 is 6.03 Å². The molecule has 2 saturated heterocycles. The van der Waals surface area contributed by atoms with Gasteiger partial charge in [-0.15, -0.1) is 0 Å². The minimum absolute atomic E-state index is 0.0171. The lowest BCUT2D eigenvalue weighted by molar-refractivity contribution is -0.867.